The Balaban J connectivity index is 1.69. The number of ether oxygens (including phenoxy) is 1. The lowest BCUT2D eigenvalue weighted by molar-refractivity contribution is -0.276. The van der Waals surface area contributed by atoms with Crippen molar-refractivity contribution >= 4 is 11.7 Å². The van der Waals surface area contributed by atoms with Crippen LogP contribution in [0.3, 0.4) is 0 Å². The molecule has 3 rings (SSSR count). The van der Waals surface area contributed by atoms with E-state index < -0.39 is 12.2 Å². The lowest BCUT2D eigenvalue weighted by atomic mass is 10.0. The van der Waals surface area contributed by atoms with Gasteiger partial charge in [0, 0.05) is 12.1 Å². The zero-order valence-electron chi connectivity index (χ0n) is 12.1. The van der Waals surface area contributed by atoms with Crippen LogP contribution in [0.2, 0.25) is 0 Å². The van der Waals surface area contributed by atoms with Crippen LogP contribution < -0.4 is 15.4 Å². The first-order chi connectivity index (χ1) is 10.2. The molecule has 1 amide bonds. The van der Waals surface area contributed by atoms with Crippen LogP contribution in [-0.2, 0) is 4.79 Å². The largest absolute Gasteiger partial charge is 0.574 e. The second-order valence-corrected chi connectivity index (χ2v) is 6.19. The third-order valence-electron chi connectivity index (χ3n) is 4.27. The first kappa shape index (κ1) is 15.1. The number of piperidine rings is 1. The highest BCUT2D eigenvalue weighted by molar-refractivity contribution is 5.95. The molecule has 5 nitrogen and oxygen atoms in total. The Morgan fingerprint density at radius 2 is 2.18 bits per heavy atom. The van der Waals surface area contributed by atoms with Crippen molar-refractivity contribution in [3.63, 3.8) is 0 Å². The van der Waals surface area contributed by atoms with E-state index in [0.29, 0.717) is 11.6 Å². The highest BCUT2D eigenvalue weighted by Gasteiger charge is 2.58. The van der Waals surface area contributed by atoms with E-state index in [1.807, 2.05) is 0 Å². The van der Waals surface area contributed by atoms with Crippen molar-refractivity contribution in [2.75, 3.05) is 5.32 Å². The van der Waals surface area contributed by atoms with E-state index in [1.54, 1.807) is 6.92 Å². The van der Waals surface area contributed by atoms with Crippen LogP contribution in [0, 0.1) is 12.3 Å². The highest BCUT2D eigenvalue weighted by atomic mass is 19.4. The number of aromatic nitrogens is 1. The summed E-state index contributed by atoms with van der Waals surface area (Å²) in [4.78, 5) is 15.9. The second kappa shape index (κ2) is 4.84. The van der Waals surface area contributed by atoms with Crippen LogP contribution in [-0.4, -0.2) is 29.3 Å². The molecule has 1 unspecified atom stereocenters. The van der Waals surface area contributed by atoms with E-state index in [0.717, 1.165) is 18.9 Å². The van der Waals surface area contributed by atoms with E-state index in [1.165, 1.54) is 6.07 Å². The molecule has 1 aliphatic heterocycles. The summed E-state index contributed by atoms with van der Waals surface area (Å²) in [6, 6.07) is 2.56. The summed E-state index contributed by atoms with van der Waals surface area (Å²) < 4.78 is 40.4. The number of alkyl halides is 3. The second-order valence-electron chi connectivity index (χ2n) is 6.19. The summed E-state index contributed by atoms with van der Waals surface area (Å²) in [7, 11) is 0. The summed E-state index contributed by atoms with van der Waals surface area (Å²) in [6.07, 6.45) is -3.03. The van der Waals surface area contributed by atoms with Crippen molar-refractivity contribution in [2.24, 2.45) is 5.41 Å². The smallest absolute Gasteiger partial charge is 0.388 e. The minimum atomic E-state index is -4.81. The molecule has 1 aliphatic carbocycles. The molecule has 120 valence electrons. The number of rotatable bonds is 3. The zero-order chi connectivity index (χ0) is 16.1. The van der Waals surface area contributed by atoms with Crippen LogP contribution in [0.1, 0.15) is 25.3 Å². The molecule has 0 radical (unpaired) electrons. The predicted molar refractivity (Wildman–Crippen MR) is 72.3 cm³/mol. The molecule has 2 N–H and O–H groups in total. The fourth-order valence-electron chi connectivity index (χ4n) is 2.85. The number of hydrogen-bond donors (Lipinski definition) is 2. The normalized spacial score (nSPS) is 29.9. The fourth-order valence-corrected chi connectivity index (χ4v) is 2.85. The Labute approximate surface area is 125 Å². The number of hydrogen-bond acceptors (Lipinski definition) is 4. The number of amides is 1. The van der Waals surface area contributed by atoms with Crippen LogP contribution in [0.4, 0.5) is 19.0 Å². The third kappa shape index (κ3) is 3.01. The van der Waals surface area contributed by atoms with E-state index in [-0.39, 0.29) is 23.2 Å². The number of pyridine rings is 1. The standard InChI is InChI=1S/C14H16F3N3O2/c1-7-3-4-10(22-14(15,16)17)19-11(7)20-12(21)8-5-13(2)6-9(13)18-8/h3-4,8-9,18H,5-6H2,1-2H3,(H,19,20,21)/t8-,9?,13-/m0/s1. The molecule has 3 atom stereocenters. The summed E-state index contributed by atoms with van der Waals surface area (Å²) >= 11 is 0. The molecule has 1 saturated carbocycles. The van der Waals surface area contributed by atoms with Gasteiger partial charge in [-0.05, 0) is 30.7 Å². The maximum atomic E-state index is 12.2. The summed E-state index contributed by atoms with van der Waals surface area (Å²) in [5.41, 5.74) is 0.739. The van der Waals surface area contributed by atoms with Gasteiger partial charge in [0.05, 0.1) is 6.04 Å². The van der Waals surface area contributed by atoms with Crippen LogP contribution in [0.25, 0.3) is 0 Å². The Morgan fingerprint density at radius 3 is 2.77 bits per heavy atom. The van der Waals surface area contributed by atoms with E-state index in [2.05, 4.69) is 27.3 Å². The Morgan fingerprint density at radius 1 is 1.45 bits per heavy atom. The van der Waals surface area contributed by atoms with Gasteiger partial charge in [-0.1, -0.05) is 13.0 Å². The first-order valence-corrected chi connectivity index (χ1v) is 6.97. The quantitative estimate of drug-likeness (QED) is 0.899. The van der Waals surface area contributed by atoms with Crippen LogP contribution in [0.5, 0.6) is 5.88 Å². The van der Waals surface area contributed by atoms with Gasteiger partial charge in [0.15, 0.2) is 0 Å². The van der Waals surface area contributed by atoms with Crippen molar-refractivity contribution in [1.29, 1.82) is 0 Å². The molecule has 0 spiro atoms. The molecule has 1 aromatic heterocycles. The number of halogens is 3. The monoisotopic (exact) mass is 315 g/mol. The maximum Gasteiger partial charge on any atom is 0.574 e. The molecule has 0 aromatic carbocycles. The Hall–Kier alpha value is -1.83. The van der Waals surface area contributed by atoms with Crippen molar-refractivity contribution in [3.8, 4) is 5.88 Å². The number of nitrogens with zero attached hydrogens (tertiary/aromatic N) is 1. The van der Waals surface area contributed by atoms with Gasteiger partial charge in [0.25, 0.3) is 0 Å². The average molecular weight is 315 g/mol. The lowest BCUT2D eigenvalue weighted by Crippen LogP contribution is -2.38. The molecule has 1 saturated heterocycles. The highest BCUT2D eigenvalue weighted by Crippen LogP contribution is 2.53. The van der Waals surface area contributed by atoms with Crippen molar-refractivity contribution in [2.45, 2.75) is 45.1 Å². The maximum absolute atomic E-state index is 12.2. The van der Waals surface area contributed by atoms with E-state index >= 15 is 0 Å². The summed E-state index contributed by atoms with van der Waals surface area (Å²) in [6.45, 7) is 3.76. The first-order valence-electron chi connectivity index (χ1n) is 6.97. The number of aryl methyl sites for hydroxylation is 1. The number of carbonyl (C=O) groups excluding carboxylic acids is 1. The van der Waals surface area contributed by atoms with Gasteiger partial charge >= 0.3 is 6.36 Å². The molecule has 2 aliphatic rings. The molecule has 0 bridgehead atoms. The molecule has 2 fully saturated rings. The predicted octanol–water partition coefficient (Wildman–Crippen LogP) is 2.37. The number of anilines is 1. The summed E-state index contributed by atoms with van der Waals surface area (Å²) in [5.74, 6) is -0.796. The summed E-state index contributed by atoms with van der Waals surface area (Å²) in [5, 5.41) is 5.79. The minimum absolute atomic E-state index is 0.0827. The third-order valence-corrected chi connectivity index (χ3v) is 4.27. The topological polar surface area (TPSA) is 63.2 Å². The number of carbonyl (C=O) groups is 1. The molecule has 8 heteroatoms. The molecule has 2 heterocycles. The molecule has 22 heavy (non-hydrogen) atoms. The fraction of sp³-hybridized carbons (Fsp3) is 0.571. The zero-order valence-corrected chi connectivity index (χ0v) is 12.1. The van der Waals surface area contributed by atoms with Crippen LogP contribution >= 0.6 is 0 Å². The van der Waals surface area contributed by atoms with E-state index in [9.17, 15) is 18.0 Å². The minimum Gasteiger partial charge on any atom is -0.388 e. The lowest BCUT2D eigenvalue weighted by Gasteiger charge is -2.16. The van der Waals surface area contributed by atoms with Gasteiger partial charge in [-0.3, -0.25) is 4.79 Å². The Kier molecular flexibility index (Phi) is 3.32. The van der Waals surface area contributed by atoms with Gasteiger partial charge in [0.2, 0.25) is 11.8 Å². The average Bonchev–Trinajstić information content (AvgIpc) is 2.89. The van der Waals surface area contributed by atoms with Gasteiger partial charge in [-0.2, -0.15) is 4.98 Å². The SMILES string of the molecule is Cc1ccc(OC(F)(F)F)nc1NC(=O)[C@@H]1C[C@@]2(C)CC2N1. The van der Waals surface area contributed by atoms with Gasteiger partial charge in [0.1, 0.15) is 5.82 Å². The van der Waals surface area contributed by atoms with Crippen LogP contribution in [0.15, 0.2) is 12.1 Å². The van der Waals surface area contributed by atoms with E-state index in [4.69, 9.17) is 0 Å². The molecular weight excluding hydrogens is 299 g/mol. The van der Waals surface area contributed by atoms with Gasteiger partial charge < -0.3 is 15.4 Å². The molecule has 1 aromatic rings. The van der Waals surface area contributed by atoms with Crippen molar-refractivity contribution in [1.82, 2.24) is 10.3 Å². The van der Waals surface area contributed by atoms with Crippen molar-refractivity contribution in [3.05, 3.63) is 17.7 Å². The van der Waals surface area contributed by atoms with Gasteiger partial charge in [-0.15, -0.1) is 13.2 Å². The van der Waals surface area contributed by atoms with Crippen molar-refractivity contribution < 1.29 is 22.7 Å². The number of fused-ring (bicyclic) bond motifs is 1. The Bertz CT molecular complexity index is 620. The number of nitrogens with one attached hydrogen (secondary N) is 2. The molecular formula is C14H16F3N3O2. The van der Waals surface area contributed by atoms with Gasteiger partial charge in [-0.25, -0.2) is 0 Å².